The summed E-state index contributed by atoms with van der Waals surface area (Å²) in [6.45, 7) is 12.4. The second-order valence-electron chi connectivity index (χ2n) is 13.6. The summed E-state index contributed by atoms with van der Waals surface area (Å²) >= 11 is 7.24. The first-order valence-corrected chi connectivity index (χ1v) is 19.6. The van der Waals surface area contributed by atoms with Crippen molar-refractivity contribution in [1.82, 2.24) is 0 Å². The Morgan fingerprint density at radius 2 is 1.25 bits per heavy atom. The summed E-state index contributed by atoms with van der Waals surface area (Å²) in [6, 6.07) is 40.5. The Hall–Kier alpha value is -4.89. The molecule has 1 heterocycles. The molecule has 5 aromatic rings. The molecule has 0 aromatic heterocycles. The zero-order valence-corrected chi connectivity index (χ0v) is 32.8. The van der Waals surface area contributed by atoms with Gasteiger partial charge in [-0.3, -0.25) is 0 Å². The van der Waals surface area contributed by atoms with Crippen molar-refractivity contribution in [2.75, 3.05) is 26.4 Å². The number of ether oxygens (including phenoxy) is 7. The van der Waals surface area contributed by atoms with E-state index in [0.717, 1.165) is 39.1 Å². The lowest BCUT2D eigenvalue weighted by atomic mass is 9.90. The van der Waals surface area contributed by atoms with E-state index in [1.165, 1.54) is 0 Å². The van der Waals surface area contributed by atoms with Gasteiger partial charge in [-0.05, 0) is 59.4 Å². The van der Waals surface area contributed by atoms with E-state index in [0.29, 0.717) is 62.4 Å². The molecular formula is C48H51ClO7. The van der Waals surface area contributed by atoms with Crippen LogP contribution in [0.5, 0.6) is 17.2 Å². The summed E-state index contributed by atoms with van der Waals surface area (Å²) in [5.74, 6) is 1.67. The molecule has 8 heteroatoms. The highest BCUT2D eigenvalue weighted by Crippen LogP contribution is 2.48. The zero-order valence-electron chi connectivity index (χ0n) is 32.0. The van der Waals surface area contributed by atoms with Crippen molar-refractivity contribution < 1.29 is 33.2 Å². The summed E-state index contributed by atoms with van der Waals surface area (Å²) in [5, 5.41) is 0.445. The number of rotatable bonds is 21. The van der Waals surface area contributed by atoms with Crippen LogP contribution in [0.25, 0.3) is 0 Å². The van der Waals surface area contributed by atoms with Crippen LogP contribution in [0.3, 0.4) is 0 Å². The second kappa shape index (κ2) is 21.4. The molecule has 1 fully saturated rings. The average molecular weight is 775 g/mol. The average Bonchev–Trinajstić information content (AvgIpc) is 3.24. The number of hydrogen-bond acceptors (Lipinski definition) is 7. The number of halogens is 1. The van der Waals surface area contributed by atoms with Crippen molar-refractivity contribution in [2.24, 2.45) is 0 Å². The molecule has 7 nitrogen and oxygen atoms in total. The van der Waals surface area contributed by atoms with Gasteiger partial charge < -0.3 is 33.2 Å². The third-order valence-corrected chi connectivity index (χ3v) is 9.83. The topological polar surface area (TPSA) is 64.6 Å². The molecule has 5 aromatic carbocycles. The van der Waals surface area contributed by atoms with Crippen LogP contribution >= 0.6 is 11.6 Å². The van der Waals surface area contributed by atoms with Gasteiger partial charge in [0.15, 0.2) is 11.5 Å². The number of hydrogen-bond donors (Lipinski definition) is 0. The minimum absolute atomic E-state index is 0.214. The van der Waals surface area contributed by atoms with E-state index in [4.69, 9.17) is 44.8 Å². The van der Waals surface area contributed by atoms with Crippen molar-refractivity contribution >= 4 is 11.6 Å². The van der Waals surface area contributed by atoms with Gasteiger partial charge in [-0.2, -0.15) is 0 Å². The molecule has 0 spiro atoms. The Balaban J connectivity index is 1.43. The van der Waals surface area contributed by atoms with E-state index in [1.54, 1.807) is 12.2 Å². The van der Waals surface area contributed by atoms with Gasteiger partial charge in [0.05, 0.1) is 50.3 Å². The lowest BCUT2D eigenvalue weighted by Crippen LogP contribution is -2.47. The Kier molecular flexibility index (Phi) is 15.6. The maximum Gasteiger partial charge on any atom is 0.180 e. The van der Waals surface area contributed by atoms with Crippen LogP contribution in [-0.2, 0) is 45.2 Å². The van der Waals surface area contributed by atoms with E-state index in [-0.39, 0.29) is 25.4 Å². The monoisotopic (exact) mass is 774 g/mol. The molecule has 0 N–H and O–H groups in total. The van der Waals surface area contributed by atoms with Gasteiger partial charge in [0.25, 0.3) is 0 Å². The van der Waals surface area contributed by atoms with Gasteiger partial charge >= 0.3 is 0 Å². The van der Waals surface area contributed by atoms with Gasteiger partial charge in [0, 0.05) is 12.0 Å². The van der Waals surface area contributed by atoms with E-state index in [1.807, 2.05) is 85.8 Å². The fourth-order valence-electron chi connectivity index (χ4n) is 6.76. The standard InChI is InChI=1S/C48H51ClO7/c1-4-26-52-45-42(29-39(44(49)48(45)53-27-5-2)28-35-22-24-40(25-23-35)51-6-3)46-47(55-33-38-20-14-9-15-21-38)43(54-32-37-18-12-8-13-19-37)30-41(56-46)34-50-31-36-16-10-7-11-17-36/h4-5,7-25,29,41,43,46-47H,1-2,6,26-28,30-34H2,3H3/t41-,43-,46-,47+/m0/s1. The molecule has 1 aliphatic heterocycles. The number of benzene rings is 5. The van der Waals surface area contributed by atoms with Gasteiger partial charge in [0.2, 0.25) is 0 Å². The predicted octanol–water partition coefficient (Wildman–Crippen LogP) is 10.7. The fourth-order valence-corrected chi connectivity index (χ4v) is 7.02. The molecule has 0 aliphatic carbocycles. The predicted molar refractivity (Wildman–Crippen MR) is 222 cm³/mol. The van der Waals surface area contributed by atoms with Gasteiger partial charge in [-0.1, -0.05) is 140 Å². The van der Waals surface area contributed by atoms with E-state index in [9.17, 15) is 0 Å². The zero-order chi connectivity index (χ0) is 39.0. The maximum atomic E-state index is 7.24. The van der Waals surface area contributed by atoms with Crippen molar-refractivity contribution in [3.8, 4) is 17.2 Å². The van der Waals surface area contributed by atoms with Crippen LogP contribution in [0, 0.1) is 0 Å². The molecular weight excluding hydrogens is 724 g/mol. The van der Waals surface area contributed by atoms with Crippen LogP contribution in [0.15, 0.2) is 147 Å². The molecule has 1 aliphatic rings. The normalized spacial score (nSPS) is 17.9. The van der Waals surface area contributed by atoms with Gasteiger partial charge in [-0.15, -0.1) is 0 Å². The van der Waals surface area contributed by atoms with Crippen LogP contribution in [0.2, 0.25) is 5.02 Å². The van der Waals surface area contributed by atoms with Crippen molar-refractivity contribution in [2.45, 2.75) is 64.0 Å². The SMILES string of the molecule is C=CCOc1c([C@@H]2O[C@H](COCc3ccccc3)C[C@H](OCc3ccccc3)[C@H]2OCc2ccccc2)cc(Cc2ccc(OCC)cc2)c(Cl)c1OCC=C. The Labute approximate surface area is 336 Å². The molecule has 1 saturated heterocycles. The summed E-state index contributed by atoms with van der Waals surface area (Å²) in [4.78, 5) is 0. The Morgan fingerprint density at radius 3 is 1.84 bits per heavy atom. The lowest BCUT2D eigenvalue weighted by molar-refractivity contribution is -0.219. The minimum atomic E-state index is -0.666. The van der Waals surface area contributed by atoms with Crippen molar-refractivity contribution in [1.29, 1.82) is 0 Å². The van der Waals surface area contributed by atoms with Gasteiger partial charge in [-0.25, -0.2) is 0 Å². The summed E-state index contributed by atoms with van der Waals surface area (Å²) < 4.78 is 45.6. The van der Waals surface area contributed by atoms with Crippen LogP contribution in [0.4, 0.5) is 0 Å². The smallest absolute Gasteiger partial charge is 0.180 e. The molecule has 0 radical (unpaired) electrons. The third kappa shape index (κ3) is 11.3. The maximum absolute atomic E-state index is 7.24. The molecule has 0 bridgehead atoms. The summed E-state index contributed by atoms with van der Waals surface area (Å²) in [7, 11) is 0. The Bertz CT molecular complexity index is 1940. The highest BCUT2D eigenvalue weighted by atomic mass is 35.5. The Morgan fingerprint density at radius 1 is 0.679 bits per heavy atom. The second-order valence-corrected chi connectivity index (χ2v) is 13.9. The molecule has 0 unspecified atom stereocenters. The van der Waals surface area contributed by atoms with Gasteiger partial charge in [0.1, 0.15) is 31.2 Å². The van der Waals surface area contributed by atoms with E-state index >= 15 is 0 Å². The van der Waals surface area contributed by atoms with Crippen LogP contribution in [-0.4, -0.2) is 44.7 Å². The highest BCUT2D eigenvalue weighted by Gasteiger charge is 2.43. The third-order valence-electron chi connectivity index (χ3n) is 9.41. The molecule has 0 amide bonds. The van der Waals surface area contributed by atoms with Crippen molar-refractivity contribution in [3.63, 3.8) is 0 Å². The molecule has 6 rings (SSSR count). The van der Waals surface area contributed by atoms with Crippen molar-refractivity contribution in [3.05, 3.63) is 185 Å². The lowest BCUT2D eigenvalue weighted by Gasteiger charge is -2.42. The van der Waals surface area contributed by atoms with Crippen LogP contribution in [0.1, 0.15) is 52.8 Å². The first-order chi connectivity index (χ1) is 27.6. The minimum Gasteiger partial charge on any atom is -0.494 e. The van der Waals surface area contributed by atoms with E-state index < -0.39 is 12.2 Å². The van der Waals surface area contributed by atoms with Crippen LogP contribution < -0.4 is 14.2 Å². The first kappa shape index (κ1) is 40.8. The summed E-state index contributed by atoms with van der Waals surface area (Å²) in [5.41, 5.74) is 5.80. The highest BCUT2D eigenvalue weighted by molar-refractivity contribution is 6.33. The molecule has 56 heavy (non-hydrogen) atoms. The summed E-state index contributed by atoms with van der Waals surface area (Å²) in [6.07, 6.45) is 2.51. The quantitative estimate of drug-likeness (QED) is 0.0688. The molecule has 4 atom stereocenters. The molecule has 0 saturated carbocycles. The first-order valence-electron chi connectivity index (χ1n) is 19.2. The largest absolute Gasteiger partial charge is 0.494 e. The fraction of sp³-hybridized carbons (Fsp3) is 0.292. The van der Waals surface area contributed by atoms with E-state index in [2.05, 4.69) is 55.6 Å². The molecule has 292 valence electrons.